The molecule has 0 fully saturated rings. The van der Waals surface area contributed by atoms with Gasteiger partial charge in [-0.25, -0.2) is 0 Å². The van der Waals surface area contributed by atoms with Crippen molar-refractivity contribution in [2.75, 3.05) is 0 Å². The summed E-state index contributed by atoms with van der Waals surface area (Å²) in [5, 5.41) is 4.43. The fraction of sp³-hybridized carbons (Fsp3) is 0.312. The van der Waals surface area contributed by atoms with Crippen molar-refractivity contribution >= 4 is 11.6 Å². The molecule has 0 aliphatic heterocycles. The lowest BCUT2D eigenvalue weighted by molar-refractivity contribution is 0.456. The monoisotopic (exact) mass is 274 g/mol. The molecule has 0 aliphatic carbocycles. The van der Waals surface area contributed by atoms with E-state index in [9.17, 15) is 0 Å². The summed E-state index contributed by atoms with van der Waals surface area (Å²) < 4.78 is 0. The van der Waals surface area contributed by atoms with Gasteiger partial charge in [0, 0.05) is 29.5 Å². The van der Waals surface area contributed by atoms with Crippen LogP contribution in [0, 0.1) is 0 Å². The van der Waals surface area contributed by atoms with Crippen LogP contribution in [0.25, 0.3) is 0 Å². The number of aromatic nitrogens is 1. The molecule has 0 spiro atoms. The zero-order chi connectivity index (χ0) is 13.7. The first-order chi connectivity index (χ1) is 9.20. The van der Waals surface area contributed by atoms with Gasteiger partial charge in [0.15, 0.2) is 0 Å². The number of halogens is 1. The highest BCUT2D eigenvalue weighted by Gasteiger charge is 2.13. The maximum Gasteiger partial charge on any atom is 0.0406 e. The van der Waals surface area contributed by atoms with Crippen LogP contribution >= 0.6 is 11.6 Å². The number of nitrogens with zero attached hydrogens (tertiary/aromatic N) is 1. The molecule has 2 aromatic rings. The first-order valence-electron chi connectivity index (χ1n) is 6.62. The summed E-state index contributed by atoms with van der Waals surface area (Å²) in [6.07, 6.45) is 4.70. The number of hydrogen-bond donors (Lipinski definition) is 1. The van der Waals surface area contributed by atoms with Gasteiger partial charge < -0.3 is 5.32 Å². The van der Waals surface area contributed by atoms with Crippen molar-refractivity contribution < 1.29 is 0 Å². The molecule has 100 valence electrons. The maximum absolute atomic E-state index is 5.93. The Morgan fingerprint density at radius 1 is 1.05 bits per heavy atom. The summed E-state index contributed by atoms with van der Waals surface area (Å²) in [5.41, 5.74) is 2.52. The molecule has 19 heavy (non-hydrogen) atoms. The first kappa shape index (κ1) is 14.0. The third kappa shape index (κ3) is 3.79. The van der Waals surface area contributed by atoms with Gasteiger partial charge in [0.2, 0.25) is 0 Å². The van der Waals surface area contributed by atoms with Crippen molar-refractivity contribution in [3.8, 4) is 0 Å². The zero-order valence-electron chi connectivity index (χ0n) is 11.3. The van der Waals surface area contributed by atoms with Gasteiger partial charge in [-0.1, -0.05) is 30.7 Å². The van der Waals surface area contributed by atoms with Gasteiger partial charge in [0.05, 0.1) is 0 Å². The SMILES string of the molecule is CCC(N[C@H](C)c1ccncc1)c1ccc(Cl)cc1. The molecule has 1 aromatic carbocycles. The predicted molar refractivity (Wildman–Crippen MR) is 80.3 cm³/mol. The lowest BCUT2D eigenvalue weighted by Crippen LogP contribution is -2.24. The molecule has 2 atom stereocenters. The normalized spacial score (nSPS) is 14.1. The summed E-state index contributed by atoms with van der Waals surface area (Å²) >= 11 is 5.93. The van der Waals surface area contributed by atoms with Crippen molar-refractivity contribution in [1.82, 2.24) is 10.3 Å². The van der Waals surface area contributed by atoms with Gasteiger partial charge in [-0.05, 0) is 48.7 Å². The van der Waals surface area contributed by atoms with Crippen LogP contribution in [0.15, 0.2) is 48.8 Å². The number of benzene rings is 1. The van der Waals surface area contributed by atoms with E-state index in [-0.39, 0.29) is 0 Å². The van der Waals surface area contributed by atoms with E-state index in [0.29, 0.717) is 12.1 Å². The third-order valence-corrected chi connectivity index (χ3v) is 3.59. The van der Waals surface area contributed by atoms with Gasteiger partial charge in [-0.2, -0.15) is 0 Å². The van der Waals surface area contributed by atoms with Crippen LogP contribution in [0.1, 0.15) is 43.5 Å². The van der Waals surface area contributed by atoms with E-state index in [1.807, 2.05) is 36.7 Å². The molecule has 2 rings (SSSR count). The molecular weight excluding hydrogens is 256 g/mol. The molecule has 0 saturated carbocycles. The largest absolute Gasteiger partial charge is 0.303 e. The second kappa shape index (κ2) is 6.69. The molecule has 0 aliphatic rings. The van der Waals surface area contributed by atoms with E-state index in [4.69, 9.17) is 11.6 Å². The fourth-order valence-electron chi connectivity index (χ4n) is 2.19. The fourth-order valence-corrected chi connectivity index (χ4v) is 2.32. The number of nitrogens with one attached hydrogen (secondary N) is 1. The molecule has 0 radical (unpaired) electrons. The highest BCUT2D eigenvalue weighted by atomic mass is 35.5. The smallest absolute Gasteiger partial charge is 0.0406 e. The Morgan fingerprint density at radius 3 is 2.26 bits per heavy atom. The Morgan fingerprint density at radius 2 is 1.68 bits per heavy atom. The average molecular weight is 275 g/mol. The minimum absolute atomic E-state index is 0.295. The van der Waals surface area contributed by atoms with Crippen LogP contribution in [-0.2, 0) is 0 Å². The topological polar surface area (TPSA) is 24.9 Å². The summed E-state index contributed by atoms with van der Waals surface area (Å²) in [4.78, 5) is 4.05. The van der Waals surface area contributed by atoms with Crippen molar-refractivity contribution in [2.24, 2.45) is 0 Å². The van der Waals surface area contributed by atoms with Crippen molar-refractivity contribution in [3.05, 3.63) is 64.9 Å². The van der Waals surface area contributed by atoms with Crippen LogP contribution in [0.3, 0.4) is 0 Å². The molecule has 0 amide bonds. The Balaban J connectivity index is 2.09. The zero-order valence-corrected chi connectivity index (χ0v) is 12.1. The summed E-state index contributed by atoms with van der Waals surface area (Å²) in [5.74, 6) is 0. The summed E-state index contributed by atoms with van der Waals surface area (Å²) in [6, 6.07) is 12.8. The van der Waals surface area contributed by atoms with Crippen molar-refractivity contribution in [3.63, 3.8) is 0 Å². The van der Waals surface area contributed by atoms with Gasteiger partial charge in [-0.15, -0.1) is 0 Å². The van der Waals surface area contributed by atoms with Crippen molar-refractivity contribution in [2.45, 2.75) is 32.4 Å². The number of pyridine rings is 1. The Hall–Kier alpha value is -1.38. The molecule has 3 heteroatoms. The van der Waals surface area contributed by atoms with E-state index in [1.165, 1.54) is 11.1 Å². The van der Waals surface area contributed by atoms with E-state index >= 15 is 0 Å². The van der Waals surface area contributed by atoms with Gasteiger partial charge in [0.25, 0.3) is 0 Å². The molecule has 0 saturated heterocycles. The van der Waals surface area contributed by atoms with Crippen LogP contribution < -0.4 is 5.32 Å². The molecule has 0 bridgehead atoms. The van der Waals surface area contributed by atoms with E-state index in [0.717, 1.165) is 11.4 Å². The van der Waals surface area contributed by atoms with Crippen LogP contribution in [-0.4, -0.2) is 4.98 Å². The third-order valence-electron chi connectivity index (χ3n) is 3.34. The first-order valence-corrected chi connectivity index (χ1v) is 7.00. The minimum atomic E-state index is 0.295. The molecule has 1 aromatic heterocycles. The second-order valence-electron chi connectivity index (χ2n) is 4.68. The summed E-state index contributed by atoms with van der Waals surface area (Å²) in [6.45, 7) is 4.36. The van der Waals surface area contributed by atoms with Gasteiger partial charge in [0.1, 0.15) is 0 Å². The lowest BCUT2D eigenvalue weighted by Gasteiger charge is -2.23. The molecular formula is C16H19ClN2. The average Bonchev–Trinajstić information content (AvgIpc) is 2.46. The number of hydrogen-bond acceptors (Lipinski definition) is 2. The van der Waals surface area contributed by atoms with E-state index in [2.05, 4.69) is 36.3 Å². The van der Waals surface area contributed by atoms with Gasteiger partial charge >= 0.3 is 0 Å². The Labute approximate surface area is 119 Å². The second-order valence-corrected chi connectivity index (χ2v) is 5.12. The highest BCUT2D eigenvalue weighted by Crippen LogP contribution is 2.23. The molecule has 1 N–H and O–H groups in total. The van der Waals surface area contributed by atoms with Gasteiger partial charge in [-0.3, -0.25) is 4.98 Å². The predicted octanol–water partition coefficient (Wildman–Crippen LogP) is 4.54. The highest BCUT2D eigenvalue weighted by molar-refractivity contribution is 6.30. The Kier molecular flexibility index (Phi) is 4.94. The van der Waals surface area contributed by atoms with E-state index in [1.54, 1.807) is 0 Å². The number of rotatable bonds is 5. The molecule has 1 heterocycles. The van der Waals surface area contributed by atoms with E-state index < -0.39 is 0 Å². The minimum Gasteiger partial charge on any atom is -0.303 e. The standard InChI is InChI=1S/C16H19ClN2/c1-3-16(14-4-6-15(17)7-5-14)19-12(2)13-8-10-18-11-9-13/h4-12,16,19H,3H2,1-2H3/t12-,16?/m1/s1. The summed E-state index contributed by atoms with van der Waals surface area (Å²) in [7, 11) is 0. The maximum atomic E-state index is 5.93. The van der Waals surface area contributed by atoms with Crippen molar-refractivity contribution in [1.29, 1.82) is 0 Å². The van der Waals surface area contributed by atoms with Crippen LogP contribution in [0.5, 0.6) is 0 Å². The lowest BCUT2D eigenvalue weighted by atomic mass is 10.0. The molecule has 1 unspecified atom stereocenters. The molecule has 2 nitrogen and oxygen atoms in total. The quantitative estimate of drug-likeness (QED) is 0.866. The van der Waals surface area contributed by atoms with Crippen LogP contribution in [0.4, 0.5) is 0 Å². The van der Waals surface area contributed by atoms with Crippen LogP contribution in [0.2, 0.25) is 5.02 Å². The Bertz CT molecular complexity index is 496.